The molecule has 0 heterocycles. The number of amides is 2. The molecule has 148 valence electrons. The molecule has 0 aromatic heterocycles. The number of benzene rings is 1. The summed E-state index contributed by atoms with van der Waals surface area (Å²) in [6, 6.07) is 8.24. The van der Waals surface area contributed by atoms with E-state index in [1.54, 1.807) is 27.7 Å². The number of ether oxygens (including phenoxy) is 2. The highest BCUT2D eigenvalue weighted by Crippen LogP contribution is 2.12. The highest BCUT2D eigenvalue weighted by molar-refractivity contribution is 9.11. The van der Waals surface area contributed by atoms with Crippen molar-refractivity contribution in [2.24, 2.45) is 0 Å². The quantitative estimate of drug-likeness (QED) is 0.523. The van der Waals surface area contributed by atoms with Crippen LogP contribution in [0.25, 0.3) is 0 Å². The number of esters is 1. The molecule has 2 N–H and O–H groups in total. The number of carbonyl (C=O) groups is 3. The zero-order valence-corrected chi connectivity index (χ0v) is 17.7. The second kappa shape index (κ2) is 10.1. The summed E-state index contributed by atoms with van der Waals surface area (Å²) in [6.45, 7) is 6.78. The van der Waals surface area contributed by atoms with E-state index in [0.717, 1.165) is 5.56 Å². The van der Waals surface area contributed by atoms with Crippen LogP contribution in [0.5, 0.6) is 0 Å². The molecule has 0 unspecified atom stereocenters. The number of rotatable bonds is 6. The lowest BCUT2D eigenvalue weighted by atomic mass is 10.1. The van der Waals surface area contributed by atoms with Crippen molar-refractivity contribution < 1.29 is 23.9 Å². The predicted octanol–water partition coefficient (Wildman–Crippen LogP) is 3.04. The van der Waals surface area contributed by atoms with E-state index in [1.165, 1.54) is 7.11 Å². The van der Waals surface area contributed by atoms with Crippen molar-refractivity contribution in [3.63, 3.8) is 0 Å². The Morgan fingerprint density at radius 1 is 1.15 bits per heavy atom. The van der Waals surface area contributed by atoms with Gasteiger partial charge in [-0.05, 0) is 33.3 Å². The highest BCUT2D eigenvalue weighted by atomic mass is 79.9. The van der Waals surface area contributed by atoms with E-state index in [9.17, 15) is 14.4 Å². The van der Waals surface area contributed by atoms with Gasteiger partial charge in [-0.2, -0.15) is 0 Å². The van der Waals surface area contributed by atoms with Gasteiger partial charge in [0.1, 0.15) is 17.3 Å². The van der Waals surface area contributed by atoms with Gasteiger partial charge in [0.15, 0.2) is 0 Å². The third kappa shape index (κ3) is 8.25. The van der Waals surface area contributed by atoms with E-state index in [4.69, 9.17) is 4.74 Å². The molecule has 2 amide bonds. The summed E-state index contributed by atoms with van der Waals surface area (Å²) >= 11 is 3.17. The summed E-state index contributed by atoms with van der Waals surface area (Å²) < 4.78 is 10.3. The molecule has 1 atom stereocenters. The monoisotopic (exact) mass is 440 g/mol. The summed E-state index contributed by atoms with van der Waals surface area (Å²) in [5, 5.41) is 5.06. The highest BCUT2D eigenvalue weighted by Gasteiger charge is 2.27. The molecule has 0 saturated heterocycles. The first-order valence-corrected chi connectivity index (χ1v) is 9.11. The van der Waals surface area contributed by atoms with Crippen molar-refractivity contribution in [3.8, 4) is 0 Å². The molecule has 1 rings (SSSR count). The molecule has 27 heavy (non-hydrogen) atoms. The van der Waals surface area contributed by atoms with Crippen LogP contribution in [0.2, 0.25) is 0 Å². The molecule has 0 saturated carbocycles. The van der Waals surface area contributed by atoms with Gasteiger partial charge in [-0.25, -0.2) is 9.59 Å². The number of hydrogen-bond acceptors (Lipinski definition) is 5. The lowest BCUT2D eigenvalue weighted by Crippen LogP contribution is -2.49. The number of nitrogens with one attached hydrogen (secondary N) is 2. The van der Waals surface area contributed by atoms with Crippen LogP contribution in [-0.2, 0) is 25.5 Å². The second-order valence-corrected chi connectivity index (χ2v) is 7.97. The van der Waals surface area contributed by atoms with Crippen LogP contribution >= 0.6 is 15.9 Å². The zero-order chi connectivity index (χ0) is 20.6. The van der Waals surface area contributed by atoms with Crippen molar-refractivity contribution >= 4 is 33.9 Å². The van der Waals surface area contributed by atoms with Gasteiger partial charge in [0.2, 0.25) is 5.91 Å². The Morgan fingerprint density at radius 3 is 2.22 bits per heavy atom. The third-order valence-corrected chi connectivity index (χ3v) is 3.67. The summed E-state index contributed by atoms with van der Waals surface area (Å²) in [5.74, 6) is -1.27. The molecule has 7 nitrogen and oxygen atoms in total. The maximum atomic E-state index is 12.7. The van der Waals surface area contributed by atoms with Crippen molar-refractivity contribution in [2.45, 2.75) is 45.8 Å². The Bertz CT molecular complexity index is 707. The first kappa shape index (κ1) is 22.7. The average Bonchev–Trinajstić information content (AvgIpc) is 2.57. The van der Waals surface area contributed by atoms with Gasteiger partial charge in [-0.1, -0.05) is 46.3 Å². The van der Waals surface area contributed by atoms with Gasteiger partial charge >= 0.3 is 12.1 Å². The summed E-state index contributed by atoms with van der Waals surface area (Å²) in [6.07, 6.45) is -0.500. The van der Waals surface area contributed by atoms with Gasteiger partial charge in [0, 0.05) is 10.9 Å². The molecule has 0 bridgehead atoms. The number of allylic oxidation sites excluding steroid dienone is 1. The first-order chi connectivity index (χ1) is 12.5. The molecule has 0 radical (unpaired) electrons. The van der Waals surface area contributed by atoms with E-state index in [2.05, 4.69) is 31.3 Å². The first-order valence-electron chi connectivity index (χ1n) is 8.32. The molecular formula is C19H25BrN2O5. The topological polar surface area (TPSA) is 93.7 Å². The normalized spacial score (nSPS) is 13.1. The second-order valence-electron chi connectivity index (χ2n) is 6.78. The van der Waals surface area contributed by atoms with Crippen LogP contribution in [0, 0.1) is 0 Å². The third-order valence-electron chi connectivity index (χ3n) is 3.27. The number of alkyl carbamates (subject to hydrolysis) is 1. The Kier molecular flexibility index (Phi) is 8.49. The molecule has 0 spiro atoms. The minimum absolute atomic E-state index is 0.0356. The fourth-order valence-corrected chi connectivity index (χ4v) is 2.36. The van der Waals surface area contributed by atoms with Crippen molar-refractivity contribution in [1.82, 2.24) is 10.6 Å². The van der Waals surface area contributed by atoms with Crippen LogP contribution in [0.4, 0.5) is 4.79 Å². The summed E-state index contributed by atoms with van der Waals surface area (Å²) in [7, 11) is 1.21. The summed E-state index contributed by atoms with van der Waals surface area (Å²) in [4.78, 5) is 36.7. The Morgan fingerprint density at radius 2 is 1.74 bits per heavy atom. The van der Waals surface area contributed by atoms with Crippen LogP contribution in [0.1, 0.15) is 33.3 Å². The average molecular weight is 441 g/mol. The van der Waals surface area contributed by atoms with E-state index < -0.39 is 29.6 Å². The van der Waals surface area contributed by atoms with Gasteiger partial charge in [-0.15, -0.1) is 0 Å². The molecular weight excluding hydrogens is 416 g/mol. The minimum Gasteiger partial charge on any atom is -0.464 e. The van der Waals surface area contributed by atoms with Gasteiger partial charge < -0.3 is 20.1 Å². The lowest BCUT2D eigenvalue weighted by molar-refractivity contribution is -0.138. The summed E-state index contributed by atoms with van der Waals surface area (Å²) in [5.41, 5.74) is 0.0981. The molecule has 0 fully saturated rings. The van der Waals surface area contributed by atoms with Gasteiger partial charge in [0.05, 0.1) is 7.11 Å². The molecule has 8 heteroatoms. The van der Waals surface area contributed by atoms with Gasteiger partial charge in [0.25, 0.3) is 0 Å². The van der Waals surface area contributed by atoms with Crippen molar-refractivity contribution in [3.05, 3.63) is 46.1 Å². The van der Waals surface area contributed by atoms with Crippen LogP contribution < -0.4 is 10.6 Å². The Labute approximate surface area is 167 Å². The maximum absolute atomic E-state index is 12.7. The largest absolute Gasteiger partial charge is 0.464 e. The van der Waals surface area contributed by atoms with Crippen molar-refractivity contribution in [2.75, 3.05) is 7.11 Å². The predicted molar refractivity (Wildman–Crippen MR) is 105 cm³/mol. The fraction of sp³-hybridized carbons (Fsp3) is 0.421. The van der Waals surface area contributed by atoms with Crippen molar-refractivity contribution in [1.29, 1.82) is 0 Å². The maximum Gasteiger partial charge on any atom is 0.408 e. The minimum atomic E-state index is -0.950. The molecule has 0 aliphatic rings. The molecule has 1 aromatic carbocycles. The number of hydrogen-bond donors (Lipinski definition) is 2. The molecule has 0 aliphatic carbocycles. The fourth-order valence-electron chi connectivity index (χ4n) is 2.10. The lowest BCUT2D eigenvalue weighted by Gasteiger charge is -2.23. The Hall–Kier alpha value is -2.35. The van der Waals surface area contributed by atoms with Crippen LogP contribution in [0.15, 0.2) is 40.5 Å². The Balaban J connectivity index is 3.01. The van der Waals surface area contributed by atoms with E-state index in [1.807, 2.05) is 30.3 Å². The smallest absolute Gasteiger partial charge is 0.408 e. The van der Waals surface area contributed by atoms with Crippen LogP contribution in [0.3, 0.4) is 0 Å². The number of halogens is 1. The van der Waals surface area contributed by atoms with Crippen LogP contribution in [-0.4, -0.2) is 36.7 Å². The molecule has 0 aliphatic heterocycles. The molecule has 1 aromatic rings. The van der Waals surface area contributed by atoms with E-state index in [0.29, 0.717) is 4.48 Å². The van der Waals surface area contributed by atoms with E-state index in [-0.39, 0.29) is 12.1 Å². The SMILES string of the molecule is COC(=O)/C(NC(=O)[C@H](Cc1ccccc1)NC(=O)OC(C)(C)C)=C(/C)Br. The van der Waals surface area contributed by atoms with E-state index >= 15 is 0 Å². The standard InChI is InChI=1S/C19H25BrN2O5/c1-12(20)15(17(24)26-5)22-16(23)14(11-13-9-7-6-8-10-13)21-18(25)27-19(2,3)4/h6-10,14H,11H2,1-5H3,(H,21,25)(H,22,23)/b15-12+/t14-/m0/s1. The number of methoxy groups -OCH3 is 1. The van der Waals surface area contributed by atoms with Gasteiger partial charge in [-0.3, -0.25) is 4.79 Å². The number of carbonyl (C=O) groups excluding carboxylic acids is 3. The zero-order valence-electron chi connectivity index (χ0n) is 16.1.